The Morgan fingerprint density at radius 1 is 1.10 bits per heavy atom. The van der Waals surface area contributed by atoms with Crippen molar-refractivity contribution in [2.45, 2.75) is 25.3 Å². The zero-order valence-electron chi connectivity index (χ0n) is 16.6. The number of aryl methyl sites for hydroxylation is 2. The second kappa shape index (κ2) is 9.39. The Balaban J connectivity index is 1.56. The van der Waals surface area contributed by atoms with E-state index >= 15 is 0 Å². The highest BCUT2D eigenvalue weighted by Gasteiger charge is 2.26. The van der Waals surface area contributed by atoms with E-state index in [1.54, 1.807) is 18.2 Å². The maximum absolute atomic E-state index is 12.7. The number of esters is 1. The van der Waals surface area contributed by atoms with Crippen LogP contribution in [0.4, 0.5) is 0 Å². The van der Waals surface area contributed by atoms with Crippen LogP contribution in [0.5, 0.6) is 5.75 Å². The number of carbonyl (C=O) groups excluding carboxylic acids is 1. The summed E-state index contributed by atoms with van der Waals surface area (Å²) in [6.07, 6.45) is 0. The first-order valence-corrected chi connectivity index (χ1v) is 10.8. The topological polar surface area (TPSA) is 82.1 Å². The predicted octanol–water partition coefficient (Wildman–Crippen LogP) is 2.45. The van der Waals surface area contributed by atoms with E-state index in [4.69, 9.17) is 14.2 Å². The summed E-state index contributed by atoms with van der Waals surface area (Å²) in [7, 11) is -3.59. The normalized spacial score (nSPS) is 15.1. The molecule has 1 aliphatic rings. The summed E-state index contributed by atoms with van der Waals surface area (Å²) >= 11 is 0. The first-order chi connectivity index (χ1) is 13.9. The first-order valence-electron chi connectivity index (χ1n) is 9.39. The Hall–Kier alpha value is -2.42. The molecule has 2 aromatic rings. The van der Waals surface area contributed by atoms with Gasteiger partial charge < -0.3 is 14.2 Å². The summed E-state index contributed by atoms with van der Waals surface area (Å²) in [5, 5.41) is 0. The van der Waals surface area contributed by atoms with Crippen molar-refractivity contribution < 1.29 is 27.4 Å². The first kappa shape index (κ1) is 21.3. The van der Waals surface area contributed by atoms with Crippen molar-refractivity contribution >= 4 is 16.0 Å². The van der Waals surface area contributed by atoms with E-state index in [1.165, 1.54) is 10.4 Å². The van der Waals surface area contributed by atoms with Gasteiger partial charge in [0.15, 0.2) is 6.61 Å². The van der Waals surface area contributed by atoms with Gasteiger partial charge in [-0.15, -0.1) is 0 Å². The van der Waals surface area contributed by atoms with Crippen LogP contribution in [0.25, 0.3) is 0 Å². The van der Waals surface area contributed by atoms with Crippen LogP contribution in [0.15, 0.2) is 47.4 Å². The van der Waals surface area contributed by atoms with Crippen LogP contribution < -0.4 is 4.74 Å². The number of hydrogen-bond donors (Lipinski definition) is 0. The van der Waals surface area contributed by atoms with E-state index in [9.17, 15) is 13.2 Å². The molecule has 1 heterocycles. The Morgan fingerprint density at radius 2 is 1.86 bits per heavy atom. The highest BCUT2D eigenvalue weighted by atomic mass is 32.2. The molecule has 1 saturated heterocycles. The van der Waals surface area contributed by atoms with Crippen LogP contribution in [-0.2, 0) is 30.9 Å². The van der Waals surface area contributed by atoms with Gasteiger partial charge in [-0.25, -0.2) is 13.2 Å². The molecule has 0 N–H and O–H groups in total. The zero-order valence-corrected chi connectivity index (χ0v) is 17.4. The number of nitrogens with zero attached hydrogens (tertiary/aromatic N) is 1. The standard InChI is InChI=1S/C21H25NO6S/c1-16-6-7-20(17(2)12-16)27-15-21(23)28-14-18-4-3-5-19(13-18)29(24,25)22-8-10-26-11-9-22/h3-7,12-13H,8-11,14-15H2,1-2H3. The molecule has 3 rings (SSSR count). The van der Waals surface area contributed by atoms with E-state index < -0.39 is 16.0 Å². The van der Waals surface area contributed by atoms with Gasteiger partial charge in [0.25, 0.3) is 0 Å². The molecule has 7 nitrogen and oxygen atoms in total. The van der Waals surface area contributed by atoms with Gasteiger partial charge in [0.05, 0.1) is 18.1 Å². The van der Waals surface area contributed by atoms with Crippen LogP contribution in [-0.4, -0.2) is 51.6 Å². The molecule has 1 fully saturated rings. The number of sulfonamides is 1. The van der Waals surface area contributed by atoms with Gasteiger partial charge in [-0.05, 0) is 43.2 Å². The monoisotopic (exact) mass is 419 g/mol. The minimum atomic E-state index is -3.59. The summed E-state index contributed by atoms with van der Waals surface area (Å²) < 4.78 is 42.8. The molecular weight excluding hydrogens is 394 g/mol. The number of benzene rings is 2. The summed E-state index contributed by atoms with van der Waals surface area (Å²) in [4.78, 5) is 12.2. The SMILES string of the molecule is Cc1ccc(OCC(=O)OCc2cccc(S(=O)(=O)N3CCOCC3)c2)c(C)c1. The molecule has 0 atom stereocenters. The molecule has 29 heavy (non-hydrogen) atoms. The molecular formula is C21H25NO6S. The molecule has 0 spiro atoms. The molecule has 2 aromatic carbocycles. The van der Waals surface area contributed by atoms with Gasteiger partial charge in [-0.3, -0.25) is 0 Å². The van der Waals surface area contributed by atoms with Gasteiger partial charge in [0.2, 0.25) is 10.0 Å². The third-order valence-electron chi connectivity index (χ3n) is 4.58. The maximum atomic E-state index is 12.7. The zero-order chi connectivity index (χ0) is 20.9. The highest BCUT2D eigenvalue weighted by molar-refractivity contribution is 7.89. The third-order valence-corrected chi connectivity index (χ3v) is 6.48. The molecule has 0 aromatic heterocycles. The second-order valence-corrected chi connectivity index (χ2v) is 8.82. The van der Waals surface area contributed by atoms with Crippen molar-refractivity contribution in [2.24, 2.45) is 0 Å². The summed E-state index contributed by atoms with van der Waals surface area (Å²) in [5.41, 5.74) is 2.65. The Labute approximate surface area is 171 Å². The van der Waals surface area contributed by atoms with Crippen molar-refractivity contribution in [3.05, 3.63) is 59.2 Å². The van der Waals surface area contributed by atoms with Crippen LogP contribution in [0.2, 0.25) is 0 Å². The van der Waals surface area contributed by atoms with Crippen LogP contribution in [0.1, 0.15) is 16.7 Å². The molecule has 8 heteroatoms. The van der Waals surface area contributed by atoms with E-state index in [0.29, 0.717) is 37.6 Å². The largest absolute Gasteiger partial charge is 0.482 e. The predicted molar refractivity (Wildman–Crippen MR) is 107 cm³/mol. The second-order valence-electron chi connectivity index (χ2n) is 6.88. The maximum Gasteiger partial charge on any atom is 0.344 e. The van der Waals surface area contributed by atoms with Crippen molar-refractivity contribution in [1.29, 1.82) is 0 Å². The summed E-state index contributed by atoms with van der Waals surface area (Å²) in [6.45, 7) is 5.09. The van der Waals surface area contributed by atoms with E-state index in [0.717, 1.165) is 11.1 Å². The molecule has 1 aliphatic heterocycles. The van der Waals surface area contributed by atoms with Crippen molar-refractivity contribution in [3.63, 3.8) is 0 Å². The van der Waals surface area contributed by atoms with Crippen molar-refractivity contribution in [3.8, 4) is 5.75 Å². The number of morpholine rings is 1. The molecule has 0 aliphatic carbocycles. The van der Waals surface area contributed by atoms with Gasteiger partial charge in [-0.1, -0.05) is 29.8 Å². The molecule has 0 bridgehead atoms. The summed E-state index contributed by atoms with van der Waals surface area (Å²) in [6, 6.07) is 12.1. The van der Waals surface area contributed by atoms with E-state index in [-0.39, 0.29) is 18.1 Å². The lowest BCUT2D eigenvalue weighted by Gasteiger charge is -2.26. The van der Waals surface area contributed by atoms with E-state index in [2.05, 4.69) is 0 Å². The fourth-order valence-corrected chi connectivity index (χ4v) is 4.51. The Morgan fingerprint density at radius 3 is 2.59 bits per heavy atom. The van der Waals surface area contributed by atoms with Gasteiger partial charge in [0.1, 0.15) is 12.4 Å². The number of ether oxygens (including phenoxy) is 3. The molecule has 0 unspecified atom stereocenters. The van der Waals surface area contributed by atoms with Gasteiger partial charge >= 0.3 is 5.97 Å². The third kappa shape index (κ3) is 5.56. The Kier molecular flexibility index (Phi) is 6.89. The average molecular weight is 419 g/mol. The fraction of sp³-hybridized carbons (Fsp3) is 0.381. The number of hydrogen-bond acceptors (Lipinski definition) is 6. The van der Waals surface area contributed by atoms with Crippen molar-refractivity contribution in [1.82, 2.24) is 4.31 Å². The molecule has 0 saturated carbocycles. The average Bonchev–Trinajstić information content (AvgIpc) is 2.72. The van der Waals surface area contributed by atoms with Gasteiger partial charge in [-0.2, -0.15) is 4.31 Å². The van der Waals surface area contributed by atoms with Gasteiger partial charge in [0, 0.05) is 13.1 Å². The number of carbonyl (C=O) groups is 1. The van der Waals surface area contributed by atoms with Crippen molar-refractivity contribution in [2.75, 3.05) is 32.9 Å². The Bertz CT molecular complexity index is 967. The fourth-order valence-electron chi connectivity index (χ4n) is 3.04. The highest BCUT2D eigenvalue weighted by Crippen LogP contribution is 2.20. The lowest BCUT2D eigenvalue weighted by molar-refractivity contribution is -0.147. The van der Waals surface area contributed by atoms with Crippen LogP contribution in [0, 0.1) is 13.8 Å². The van der Waals surface area contributed by atoms with Crippen LogP contribution in [0.3, 0.4) is 0 Å². The number of rotatable bonds is 7. The minimum absolute atomic E-state index is 0.0262. The lowest BCUT2D eigenvalue weighted by Crippen LogP contribution is -2.40. The summed E-state index contributed by atoms with van der Waals surface area (Å²) in [5.74, 6) is 0.109. The smallest absolute Gasteiger partial charge is 0.344 e. The van der Waals surface area contributed by atoms with Crippen LogP contribution >= 0.6 is 0 Å². The molecule has 0 radical (unpaired) electrons. The lowest BCUT2D eigenvalue weighted by atomic mass is 10.1. The minimum Gasteiger partial charge on any atom is -0.482 e. The molecule has 156 valence electrons. The van der Waals surface area contributed by atoms with E-state index in [1.807, 2.05) is 32.0 Å². The quantitative estimate of drug-likeness (QED) is 0.641. The molecule has 0 amide bonds.